The molecule has 0 N–H and O–H groups in total. The first-order chi connectivity index (χ1) is 3.27. The molecule has 0 saturated carbocycles. The Bertz CT molecular complexity index is 46.2. The lowest BCUT2D eigenvalue weighted by Gasteiger charge is -1.80. The van der Waals surface area contributed by atoms with E-state index in [2.05, 4.69) is 42.0 Å². The van der Waals surface area contributed by atoms with Gasteiger partial charge in [-0.2, -0.15) is 0 Å². The van der Waals surface area contributed by atoms with Crippen LogP contribution in [-0.4, -0.2) is 13.1 Å². The molecule has 7 heavy (non-hydrogen) atoms. The summed E-state index contributed by atoms with van der Waals surface area (Å²) in [5.74, 6) is -0.245. The monoisotopic (exact) mass is 328 g/mol. The Balaban J connectivity index is 0. The molecule has 0 aromatic rings. The summed E-state index contributed by atoms with van der Waals surface area (Å²) >= 11 is 4.24. The average Bonchev–Trinajstić information content (AvgIpc) is 1.73. The SMILES string of the molecule is COC(C)=O.II. The summed E-state index contributed by atoms with van der Waals surface area (Å²) in [6.07, 6.45) is 0. The number of esters is 1. The van der Waals surface area contributed by atoms with E-state index in [9.17, 15) is 4.79 Å². The van der Waals surface area contributed by atoms with E-state index in [1.54, 1.807) is 0 Å². The van der Waals surface area contributed by atoms with Gasteiger partial charge in [0.2, 0.25) is 0 Å². The zero-order chi connectivity index (χ0) is 6.28. The van der Waals surface area contributed by atoms with Crippen LogP contribution in [0.1, 0.15) is 6.92 Å². The maximum absolute atomic E-state index is 9.59. The molecule has 0 aromatic heterocycles. The topological polar surface area (TPSA) is 26.3 Å². The largest absolute Gasteiger partial charge is 0.469 e. The van der Waals surface area contributed by atoms with Gasteiger partial charge in [-0.1, -0.05) is 0 Å². The normalized spacial score (nSPS) is 5.71. The third-order valence-corrected chi connectivity index (χ3v) is 0.287. The van der Waals surface area contributed by atoms with E-state index in [4.69, 9.17) is 0 Å². The van der Waals surface area contributed by atoms with Crippen molar-refractivity contribution in [2.75, 3.05) is 7.11 Å². The van der Waals surface area contributed by atoms with Crippen molar-refractivity contribution in [3.63, 3.8) is 0 Å². The number of halogens is 2. The van der Waals surface area contributed by atoms with Gasteiger partial charge in [0.25, 0.3) is 0 Å². The van der Waals surface area contributed by atoms with Gasteiger partial charge < -0.3 is 4.74 Å². The van der Waals surface area contributed by atoms with Crippen molar-refractivity contribution in [3.05, 3.63) is 0 Å². The van der Waals surface area contributed by atoms with E-state index >= 15 is 0 Å². The second-order valence-electron chi connectivity index (χ2n) is 0.696. The van der Waals surface area contributed by atoms with Gasteiger partial charge in [-0.15, -0.1) is 0 Å². The van der Waals surface area contributed by atoms with Crippen molar-refractivity contribution in [2.24, 2.45) is 0 Å². The molecular weight excluding hydrogens is 322 g/mol. The lowest BCUT2D eigenvalue weighted by Crippen LogP contribution is -1.88. The Morgan fingerprint density at radius 1 is 1.57 bits per heavy atom. The van der Waals surface area contributed by atoms with E-state index < -0.39 is 0 Å². The van der Waals surface area contributed by atoms with Crippen molar-refractivity contribution < 1.29 is 9.53 Å². The van der Waals surface area contributed by atoms with Gasteiger partial charge in [-0.05, 0) is 0 Å². The van der Waals surface area contributed by atoms with Crippen LogP contribution in [0.3, 0.4) is 0 Å². The highest BCUT2D eigenvalue weighted by Gasteiger charge is 1.75. The van der Waals surface area contributed by atoms with Gasteiger partial charge in [0.05, 0.1) is 7.11 Å². The highest BCUT2D eigenvalue weighted by atomic mass is 128. The van der Waals surface area contributed by atoms with Crippen LogP contribution in [0, 0.1) is 0 Å². The van der Waals surface area contributed by atoms with E-state index in [0.29, 0.717) is 0 Å². The highest BCUT2D eigenvalue weighted by molar-refractivity contribution is 15.0. The van der Waals surface area contributed by atoms with Crippen LogP contribution in [0.25, 0.3) is 0 Å². The first-order valence-corrected chi connectivity index (χ1v) is 7.75. The predicted octanol–water partition coefficient (Wildman–Crippen LogP) is 1.95. The standard InChI is InChI=1S/C3H6O2.I2/c1-3(4)5-2;1-2/h1-2H3;. The minimum atomic E-state index is -0.245. The third-order valence-electron chi connectivity index (χ3n) is 0.287. The van der Waals surface area contributed by atoms with Crippen molar-refractivity contribution in [2.45, 2.75) is 6.92 Å². The lowest BCUT2D eigenvalue weighted by atomic mass is 10.8. The molecule has 0 bridgehead atoms. The molecule has 0 fully saturated rings. The summed E-state index contributed by atoms with van der Waals surface area (Å²) in [4.78, 5) is 9.59. The van der Waals surface area contributed by atoms with Crippen molar-refractivity contribution >= 4 is 43.2 Å². The van der Waals surface area contributed by atoms with Gasteiger partial charge in [-0.25, -0.2) is 0 Å². The van der Waals surface area contributed by atoms with Crippen LogP contribution in [0.5, 0.6) is 0 Å². The number of carbonyl (C=O) groups excluding carboxylic acids is 1. The van der Waals surface area contributed by atoms with E-state index in [1.165, 1.54) is 14.0 Å². The summed E-state index contributed by atoms with van der Waals surface area (Å²) in [7, 11) is 1.35. The van der Waals surface area contributed by atoms with Gasteiger partial charge >= 0.3 is 5.97 Å². The smallest absolute Gasteiger partial charge is 0.302 e. The Labute approximate surface area is 66.3 Å². The molecule has 44 valence electrons. The Hall–Kier alpha value is 0.930. The predicted molar refractivity (Wildman–Crippen MR) is 45.7 cm³/mol. The van der Waals surface area contributed by atoms with Crippen molar-refractivity contribution in [3.8, 4) is 0 Å². The second kappa shape index (κ2) is 10.0. The minimum absolute atomic E-state index is 0.245. The number of hydrogen-bond donors (Lipinski definition) is 0. The number of hydrogen-bond acceptors (Lipinski definition) is 2. The van der Waals surface area contributed by atoms with Crippen LogP contribution >= 0.6 is 37.2 Å². The summed E-state index contributed by atoms with van der Waals surface area (Å²) in [6, 6.07) is 0. The first kappa shape index (κ1) is 10.8. The quantitative estimate of drug-likeness (QED) is 0.502. The molecule has 0 heterocycles. The van der Waals surface area contributed by atoms with E-state index in [0.717, 1.165) is 0 Å². The molecule has 0 amide bonds. The summed E-state index contributed by atoms with van der Waals surface area (Å²) in [5, 5.41) is 0. The van der Waals surface area contributed by atoms with Crippen LogP contribution < -0.4 is 0 Å². The number of carbonyl (C=O) groups is 1. The highest BCUT2D eigenvalue weighted by Crippen LogP contribution is 1.89. The zero-order valence-corrected chi connectivity index (χ0v) is 8.39. The molecule has 0 aliphatic rings. The molecule has 0 spiro atoms. The maximum Gasteiger partial charge on any atom is 0.302 e. The molecule has 2 nitrogen and oxygen atoms in total. The van der Waals surface area contributed by atoms with Crippen LogP contribution in [0.2, 0.25) is 0 Å². The molecule has 0 aliphatic carbocycles. The van der Waals surface area contributed by atoms with Crippen molar-refractivity contribution in [1.82, 2.24) is 0 Å². The Morgan fingerprint density at radius 2 is 1.71 bits per heavy atom. The molecule has 0 rings (SSSR count). The fourth-order valence-corrected chi connectivity index (χ4v) is 0. The van der Waals surface area contributed by atoms with Gasteiger partial charge in [0.1, 0.15) is 0 Å². The van der Waals surface area contributed by atoms with E-state index in [-0.39, 0.29) is 5.97 Å². The molecule has 0 aromatic carbocycles. The zero-order valence-electron chi connectivity index (χ0n) is 4.07. The fraction of sp³-hybridized carbons (Fsp3) is 0.667. The third kappa shape index (κ3) is 19.6. The van der Waals surface area contributed by atoms with Gasteiger partial charge in [0, 0.05) is 44.2 Å². The van der Waals surface area contributed by atoms with Crippen LogP contribution in [0.4, 0.5) is 0 Å². The Kier molecular flexibility index (Phi) is 15.5. The lowest BCUT2D eigenvalue weighted by molar-refractivity contribution is -0.137. The number of rotatable bonds is 0. The molecule has 0 saturated heterocycles. The minimum Gasteiger partial charge on any atom is -0.469 e. The summed E-state index contributed by atoms with van der Waals surface area (Å²) < 4.78 is 4.11. The molecule has 0 aliphatic heterocycles. The molecule has 0 atom stereocenters. The van der Waals surface area contributed by atoms with Gasteiger partial charge in [0.15, 0.2) is 0 Å². The summed E-state index contributed by atoms with van der Waals surface area (Å²) in [6.45, 7) is 1.36. The summed E-state index contributed by atoms with van der Waals surface area (Å²) in [5.41, 5.74) is 0. The molecule has 0 radical (unpaired) electrons. The maximum atomic E-state index is 9.59. The molecular formula is C3H6I2O2. The van der Waals surface area contributed by atoms with Crippen molar-refractivity contribution in [1.29, 1.82) is 0 Å². The second-order valence-corrected chi connectivity index (χ2v) is 0.696. The average molecular weight is 328 g/mol. The molecule has 4 heteroatoms. The molecule has 0 unspecified atom stereocenters. The fourth-order valence-electron chi connectivity index (χ4n) is 0. The number of ether oxygens (including phenoxy) is 1. The first-order valence-electron chi connectivity index (χ1n) is 1.46. The number of methoxy groups -OCH3 is 1. The van der Waals surface area contributed by atoms with Crippen LogP contribution in [-0.2, 0) is 9.53 Å². The Morgan fingerprint density at radius 3 is 1.71 bits per heavy atom. The van der Waals surface area contributed by atoms with E-state index in [1.807, 2.05) is 0 Å². The van der Waals surface area contributed by atoms with Crippen LogP contribution in [0.15, 0.2) is 0 Å². The van der Waals surface area contributed by atoms with Gasteiger partial charge in [-0.3, -0.25) is 4.79 Å².